The third kappa shape index (κ3) is 3.85. The van der Waals surface area contributed by atoms with Gasteiger partial charge in [-0.2, -0.15) is 5.10 Å². The maximum Gasteiger partial charge on any atom is 0.120 e. The van der Waals surface area contributed by atoms with Crippen molar-refractivity contribution in [2.75, 3.05) is 0 Å². The number of benzene rings is 2. The monoisotopic (exact) mass is 290 g/mol. The van der Waals surface area contributed by atoms with Gasteiger partial charge in [-0.3, -0.25) is 4.68 Å². The molecular formula is C19H18N2O. The average Bonchev–Trinajstić information content (AvgIpc) is 2.98. The first-order chi connectivity index (χ1) is 10.8. The minimum Gasteiger partial charge on any atom is -0.489 e. The molecule has 0 N–H and O–H groups in total. The lowest BCUT2D eigenvalue weighted by molar-refractivity contribution is 0.306. The number of hydrogen-bond acceptors (Lipinski definition) is 2. The number of hydrogen-bond donors (Lipinski definition) is 0. The molecule has 3 rings (SSSR count). The number of aromatic nitrogens is 2. The topological polar surface area (TPSA) is 27.1 Å². The molecule has 0 atom stereocenters. The average molecular weight is 290 g/mol. The van der Waals surface area contributed by atoms with E-state index in [4.69, 9.17) is 4.74 Å². The summed E-state index contributed by atoms with van der Waals surface area (Å²) < 4.78 is 7.63. The minimum absolute atomic E-state index is 0.580. The van der Waals surface area contributed by atoms with Gasteiger partial charge in [0, 0.05) is 18.8 Å². The van der Waals surface area contributed by atoms with Crippen molar-refractivity contribution in [2.24, 2.45) is 7.05 Å². The molecule has 2 aromatic carbocycles. The second kappa shape index (κ2) is 6.76. The third-order valence-electron chi connectivity index (χ3n) is 3.30. The molecule has 3 aromatic rings. The minimum atomic E-state index is 0.580. The standard InChI is InChI=1S/C19H18N2O/c1-21-14-18(13-20-21)11-10-16-8-5-9-19(12-16)22-15-17-6-3-2-4-7-17/h2-14H,15H2,1H3. The van der Waals surface area contributed by atoms with Crippen LogP contribution in [0.2, 0.25) is 0 Å². The number of nitrogens with zero attached hydrogens (tertiary/aromatic N) is 2. The molecule has 0 radical (unpaired) electrons. The van der Waals surface area contributed by atoms with Gasteiger partial charge in [0.1, 0.15) is 12.4 Å². The summed E-state index contributed by atoms with van der Waals surface area (Å²) in [4.78, 5) is 0. The van der Waals surface area contributed by atoms with Crippen molar-refractivity contribution in [2.45, 2.75) is 6.61 Å². The Kier molecular flexibility index (Phi) is 4.35. The van der Waals surface area contributed by atoms with Gasteiger partial charge < -0.3 is 4.74 Å². The molecule has 0 saturated carbocycles. The van der Waals surface area contributed by atoms with Crippen LogP contribution in [0.1, 0.15) is 16.7 Å². The van der Waals surface area contributed by atoms with E-state index in [-0.39, 0.29) is 0 Å². The summed E-state index contributed by atoms with van der Waals surface area (Å²) in [5, 5.41) is 4.15. The third-order valence-corrected chi connectivity index (χ3v) is 3.30. The van der Waals surface area contributed by atoms with E-state index < -0.39 is 0 Å². The first-order valence-electron chi connectivity index (χ1n) is 7.23. The number of aryl methyl sites for hydroxylation is 1. The molecule has 0 bridgehead atoms. The van der Waals surface area contributed by atoms with Gasteiger partial charge in [0.2, 0.25) is 0 Å². The number of ether oxygens (including phenoxy) is 1. The zero-order valence-corrected chi connectivity index (χ0v) is 12.5. The lowest BCUT2D eigenvalue weighted by atomic mass is 10.2. The molecule has 110 valence electrons. The summed E-state index contributed by atoms with van der Waals surface area (Å²) in [5.41, 5.74) is 3.35. The molecule has 1 aromatic heterocycles. The molecule has 0 saturated heterocycles. The van der Waals surface area contributed by atoms with Crippen molar-refractivity contribution in [3.8, 4) is 5.75 Å². The van der Waals surface area contributed by atoms with Crippen LogP contribution in [0.5, 0.6) is 5.75 Å². The van der Waals surface area contributed by atoms with E-state index in [2.05, 4.69) is 29.4 Å². The van der Waals surface area contributed by atoms with Crippen LogP contribution < -0.4 is 4.74 Å². The largest absolute Gasteiger partial charge is 0.489 e. The molecule has 3 nitrogen and oxygen atoms in total. The highest BCUT2D eigenvalue weighted by molar-refractivity contribution is 5.69. The molecule has 0 aliphatic rings. The van der Waals surface area contributed by atoms with Crippen molar-refractivity contribution < 1.29 is 4.74 Å². The molecule has 0 unspecified atom stereocenters. The molecule has 0 aliphatic heterocycles. The van der Waals surface area contributed by atoms with Crippen LogP contribution in [0.3, 0.4) is 0 Å². The van der Waals surface area contributed by atoms with Gasteiger partial charge in [-0.25, -0.2) is 0 Å². The lowest BCUT2D eigenvalue weighted by Crippen LogP contribution is -1.94. The van der Waals surface area contributed by atoms with Crippen molar-refractivity contribution >= 4 is 12.2 Å². The Balaban J connectivity index is 1.66. The molecular weight excluding hydrogens is 272 g/mol. The molecule has 0 spiro atoms. The SMILES string of the molecule is Cn1cc(C=Cc2cccc(OCc3ccccc3)c2)cn1. The fourth-order valence-electron chi connectivity index (χ4n) is 2.17. The van der Waals surface area contributed by atoms with Gasteiger partial charge in [0.05, 0.1) is 6.20 Å². The van der Waals surface area contributed by atoms with E-state index >= 15 is 0 Å². The lowest BCUT2D eigenvalue weighted by Gasteiger charge is -2.06. The summed E-state index contributed by atoms with van der Waals surface area (Å²) in [7, 11) is 1.91. The Bertz CT molecular complexity index is 760. The maximum atomic E-state index is 5.84. The molecule has 3 heteroatoms. The van der Waals surface area contributed by atoms with E-state index in [1.807, 2.05) is 61.9 Å². The first-order valence-corrected chi connectivity index (χ1v) is 7.23. The zero-order chi connectivity index (χ0) is 15.2. The van der Waals surface area contributed by atoms with Crippen LogP contribution in [0, 0.1) is 0 Å². The number of rotatable bonds is 5. The Hall–Kier alpha value is -2.81. The van der Waals surface area contributed by atoms with Crippen LogP contribution in [-0.2, 0) is 13.7 Å². The Morgan fingerprint density at radius 1 is 1.00 bits per heavy atom. The highest BCUT2D eigenvalue weighted by atomic mass is 16.5. The maximum absolute atomic E-state index is 5.84. The second-order valence-corrected chi connectivity index (χ2v) is 5.13. The molecule has 0 aliphatic carbocycles. The van der Waals surface area contributed by atoms with Crippen LogP contribution in [0.4, 0.5) is 0 Å². The molecule has 0 amide bonds. The van der Waals surface area contributed by atoms with E-state index in [1.165, 1.54) is 5.56 Å². The summed E-state index contributed by atoms with van der Waals surface area (Å²) in [6.45, 7) is 0.580. The summed E-state index contributed by atoms with van der Waals surface area (Å²) >= 11 is 0. The van der Waals surface area contributed by atoms with Crippen LogP contribution >= 0.6 is 0 Å². The van der Waals surface area contributed by atoms with E-state index in [0.717, 1.165) is 16.9 Å². The van der Waals surface area contributed by atoms with Crippen LogP contribution in [0.15, 0.2) is 67.0 Å². The van der Waals surface area contributed by atoms with E-state index in [0.29, 0.717) is 6.61 Å². The van der Waals surface area contributed by atoms with Crippen molar-refractivity contribution in [1.82, 2.24) is 9.78 Å². The highest BCUT2D eigenvalue weighted by Gasteiger charge is 1.97. The van der Waals surface area contributed by atoms with E-state index in [9.17, 15) is 0 Å². The van der Waals surface area contributed by atoms with Gasteiger partial charge >= 0.3 is 0 Å². The van der Waals surface area contributed by atoms with Crippen molar-refractivity contribution in [1.29, 1.82) is 0 Å². The zero-order valence-electron chi connectivity index (χ0n) is 12.5. The van der Waals surface area contributed by atoms with Gasteiger partial charge in [-0.1, -0.05) is 54.6 Å². The first kappa shape index (κ1) is 14.1. The fraction of sp³-hybridized carbons (Fsp3) is 0.105. The van der Waals surface area contributed by atoms with Crippen LogP contribution in [-0.4, -0.2) is 9.78 Å². The summed E-state index contributed by atoms with van der Waals surface area (Å²) in [6.07, 6.45) is 7.92. The smallest absolute Gasteiger partial charge is 0.120 e. The summed E-state index contributed by atoms with van der Waals surface area (Å²) in [6, 6.07) is 18.2. The normalized spacial score (nSPS) is 11.0. The van der Waals surface area contributed by atoms with Gasteiger partial charge in [0.15, 0.2) is 0 Å². The fourth-order valence-corrected chi connectivity index (χ4v) is 2.17. The van der Waals surface area contributed by atoms with Crippen molar-refractivity contribution in [3.05, 3.63) is 83.7 Å². The van der Waals surface area contributed by atoms with Gasteiger partial charge in [-0.05, 0) is 23.3 Å². The summed E-state index contributed by atoms with van der Waals surface area (Å²) in [5.74, 6) is 0.872. The highest BCUT2D eigenvalue weighted by Crippen LogP contribution is 2.17. The molecule has 1 heterocycles. The molecule has 22 heavy (non-hydrogen) atoms. The van der Waals surface area contributed by atoms with Gasteiger partial charge in [-0.15, -0.1) is 0 Å². The Labute approximate surface area is 130 Å². The molecule has 0 fully saturated rings. The van der Waals surface area contributed by atoms with Crippen LogP contribution in [0.25, 0.3) is 12.2 Å². The second-order valence-electron chi connectivity index (χ2n) is 5.13. The Morgan fingerprint density at radius 2 is 1.82 bits per heavy atom. The predicted octanol–water partition coefficient (Wildman–Crippen LogP) is 4.17. The van der Waals surface area contributed by atoms with Gasteiger partial charge in [0.25, 0.3) is 0 Å². The quantitative estimate of drug-likeness (QED) is 0.705. The Morgan fingerprint density at radius 3 is 2.59 bits per heavy atom. The van der Waals surface area contributed by atoms with Crippen molar-refractivity contribution in [3.63, 3.8) is 0 Å². The van der Waals surface area contributed by atoms with E-state index in [1.54, 1.807) is 4.68 Å². The predicted molar refractivity (Wildman–Crippen MR) is 89.4 cm³/mol.